The number of nitrogens with one attached hydrogen (secondary N) is 1. The number of carbonyl (C=O) groups excluding carboxylic acids is 1. The van der Waals surface area contributed by atoms with Crippen LogP contribution in [0, 0.1) is 5.82 Å². The summed E-state index contributed by atoms with van der Waals surface area (Å²) in [6.45, 7) is 0.104. The van der Waals surface area contributed by atoms with Crippen molar-refractivity contribution in [2.24, 2.45) is 7.05 Å². The highest BCUT2D eigenvalue weighted by Gasteiger charge is 2.13. The third kappa shape index (κ3) is 4.68. The van der Waals surface area contributed by atoms with E-state index in [4.69, 9.17) is 16.3 Å². The third-order valence-corrected chi connectivity index (χ3v) is 5.04. The van der Waals surface area contributed by atoms with Crippen LogP contribution in [-0.4, -0.2) is 36.6 Å². The number of rotatable bonds is 7. The highest BCUT2D eigenvalue weighted by Crippen LogP contribution is 2.26. The minimum absolute atomic E-state index is 0.104. The van der Waals surface area contributed by atoms with E-state index in [0.29, 0.717) is 21.9 Å². The van der Waals surface area contributed by atoms with Gasteiger partial charge in [0.25, 0.3) is 0 Å². The van der Waals surface area contributed by atoms with Crippen LogP contribution >= 0.6 is 34.7 Å². The van der Waals surface area contributed by atoms with Crippen LogP contribution in [0.5, 0.6) is 5.75 Å². The number of anilines is 1. The molecule has 1 N–H and O–H groups in total. The zero-order valence-electron chi connectivity index (χ0n) is 13.3. The molecule has 1 aromatic carbocycles. The quantitative estimate of drug-likeness (QED) is 0.594. The number of carbonyl (C=O) groups is 1. The van der Waals surface area contributed by atoms with Gasteiger partial charge in [-0.25, -0.2) is 4.39 Å². The average molecular weight is 415 g/mol. The maximum atomic E-state index is 13.0. The molecule has 0 unspecified atom stereocenters. The van der Waals surface area contributed by atoms with Crippen LogP contribution in [0.25, 0.3) is 0 Å². The molecule has 0 saturated carbocycles. The smallest absolute Gasteiger partial charge is 0.236 e. The molecule has 26 heavy (non-hydrogen) atoms. The molecule has 0 fully saturated rings. The topological polar surface area (TPSA) is 94.8 Å². The predicted molar refractivity (Wildman–Crippen MR) is 96.0 cm³/mol. The Morgan fingerprint density at radius 1 is 1.42 bits per heavy atom. The lowest BCUT2D eigenvalue weighted by Gasteiger charge is -2.08. The van der Waals surface area contributed by atoms with Crippen molar-refractivity contribution in [1.82, 2.24) is 25.0 Å². The molecule has 12 heteroatoms. The van der Waals surface area contributed by atoms with Gasteiger partial charge in [-0.15, -0.1) is 20.4 Å². The minimum atomic E-state index is -0.438. The van der Waals surface area contributed by atoms with Gasteiger partial charge < -0.3 is 9.30 Å². The summed E-state index contributed by atoms with van der Waals surface area (Å²) in [5.41, 5.74) is 1.53. The van der Waals surface area contributed by atoms with Crippen molar-refractivity contribution in [1.29, 1.82) is 0 Å². The van der Waals surface area contributed by atoms with E-state index < -0.39 is 5.82 Å². The molecule has 0 atom stereocenters. The Labute approximate surface area is 160 Å². The van der Waals surface area contributed by atoms with Crippen LogP contribution in [0.2, 0.25) is 5.02 Å². The first-order valence-corrected chi connectivity index (χ1v) is 9.42. The molecule has 0 aliphatic rings. The van der Waals surface area contributed by atoms with Gasteiger partial charge in [0.1, 0.15) is 23.7 Å². The van der Waals surface area contributed by atoms with E-state index in [1.807, 2.05) is 0 Å². The fraction of sp³-hybridized carbons (Fsp3) is 0.214. The largest absolute Gasteiger partial charge is 0.484 e. The fourth-order valence-electron chi connectivity index (χ4n) is 1.84. The fourth-order valence-corrected chi connectivity index (χ4v) is 3.26. The second kappa shape index (κ2) is 8.43. The molecule has 2 aromatic heterocycles. The summed E-state index contributed by atoms with van der Waals surface area (Å²) in [4.78, 5) is 11.9. The van der Waals surface area contributed by atoms with Crippen molar-refractivity contribution in [3.8, 4) is 5.75 Å². The molecule has 3 aromatic rings. The van der Waals surface area contributed by atoms with Gasteiger partial charge in [0.05, 0.1) is 10.8 Å². The maximum Gasteiger partial charge on any atom is 0.236 e. The SMILES string of the molecule is Cn1c(COc2ccc(F)cc2Cl)nnc1SCC(=O)Nc1nncs1. The van der Waals surface area contributed by atoms with Crippen LogP contribution in [0.4, 0.5) is 9.52 Å². The van der Waals surface area contributed by atoms with Crippen LogP contribution in [0.3, 0.4) is 0 Å². The van der Waals surface area contributed by atoms with E-state index in [1.165, 1.54) is 46.8 Å². The molecule has 3 rings (SSSR count). The molecular formula is C14H12ClFN6O2S2. The molecule has 0 aliphatic carbocycles. The lowest BCUT2D eigenvalue weighted by atomic mass is 10.3. The number of amides is 1. The summed E-state index contributed by atoms with van der Waals surface area (Å²) in [5, 5.41) is 19.3. The standard InChI is InChI=1S/C14H12ClFN6O2S2/c1-22-11(5-24-10-3-2-8(16)4-9(10)15)19-21-14(22)25-6-12(23)18-13-20-17-7-26-13/h2-4,7H,5-6H2,1H3,(H,18,20,23). The summed E-state index contributed by atoms with van der Waals surface area (Å²) < 4.78 is 20.3. The second-order valence-electron chi connectivity index (χ2n) is 4.90. The molecule has 0 aliphatic heterocycles. The van der Waals surface area contributed by atoms with Gasteiger partial charge >= 0.3 is 0 Å². The molecule has 2 heterocycles. The van der Waals surface area contributed by atoms with E-state index in [0.717, 1.165) is 0 Å². The first kappa shape index (κ1) is 18.5. The van der Waals surface area contributed by atoms with Crippen molar-refractivity contribution in [3.63, 3.8) is 0 Å². The minimum Gasteiger partial charge on any atom is -0.484 e. The van der Waals surface area contributed by atoms with Crippen molar-refractivity contribution in [2.75, 3.05) is 11.1 Å². The van der Waals surface area contributed by atoms with Crippen molar-refractivity contribution in [3.05, 3.63) is 40.4 Å². The van der Waals surface area contributed by atoms with Gasteiger partial charge in [-0.1, -0.05) is 34.7 Å². The van der Waals surface area contributed by atoms with Crippen LogP contribution in [0.15, 0.2) is 28.9 Å². The van der Waals surface area contributed by atoms with Gasteiger partial charge in [-0.05, 0) is 18.2 Å². The number of hydrogen-bond acceptors (Lipinski definition) is 8. The highest BCUT2D eigenvalue weighted by atomic mass is 35.5. The molecule has 0 spiro atoms. The Hall–Kier alpha value is -2.24. The van der Waals surface area contributed by atoms with Gasteiger partial charge in [0.2, 0.25) is 11.0 Å². The Kier molecular flexibility index (Phi) is 6.01. The van der Waals surface area contributed by atoms with Gasteiger partial charge in [0, 0.05) is 7.05 Å². The number of hydrogen-bond donors (Lipinski definition) is 1. The highest BCUT2D eigenvalue weighted by molar-refractivity contribution is 7.99. The van der Waals surface area contributed by atoms with Crippen LogP contribution in [0.1, 0.15) is 5.82 Å². The molecule has 0 radical (unpaired) electrons. The summed E-state index contributed by atoms with van der Waals surface area (Å²) in [6, 6.07) is 3.88. The number of thioether (sulfide) groups is 1. The normalized spacial score (nSPS) is 10.7. The van der Waals surface area contributed by atoms with Crippen molar-refractivity contribution in [2.45, 2.75) is 11.8 Å². The number of ether oxygens (including phenoxy) is 1. The Balaban J connectivity index is 1.54. The predicted octanol–water partition coefficient (Wildman–Crippen LogP) is 2.77. The molecule has 1 amide bonds. The number of halogens is 2. The van der Waals surface area contributed by atoms with Crippen LogP contribution in [-0.2, 0) is 18.4 Å². The molecule has 0 bridgehead atoms. The monoisotopic (exact) mass is 414 g/mol. The summed E-state index contributed by atoms with van der Waals surface area (Å²) in [7, 11) is 1.76. The summed E-state index contributed by atoms with van der Waals surface area (Å²) in [5.74, 6) is 0.382. The van der Waals surface area contributed by atoms with Crippen LogP contribution < -0.4 is 10.1 Å². The zero-order chi connectivity index (χ0) is 18.5. The van der Waals surface area contributed by atoms with E-state index in [2.05, 4.69) is 25.7 Å². The number of nitrogens with zero attached hydrogens (tertiary/aromatic N) is 5. The Bertz CT molecular complexity index is 905. The van der Waals surface area contributed by atoms with Crippen molar-refractivity contribution < 1.29 is 13.9 Å². The number of aromatic nitrogens is 5. The lowest BCUT2D eigenvalue weighted by Crippen LogP contribution is -2.14. The van der Waals surface area contributed by atoms with E-state index in [-0.39, 0.29) is 23.3 Å². The lowest BCUT2D eigenvalue weighted by molar-refractivity contribution is -0.113. The summed E-state index contributed by atoms with van der Waals surface area (Å²) in [6.07, 6.45) is 0. The van der Waals surface area contributed by atoms with Crippen molar-refractivity contribution >= 4 is 45.7 Å². The number of benzene rings is 1. The Morgan fingerprint density at radius 3 is 3.00 bits per heavy atom. The van der Waals surface area contributed by atoms with Gasteiger partial charge in [-0.2, -0.15) is 0 Å². The molecule has 0 saturated heterocycles. The average Bonchev–Trinajstić information content (AvgIpc) is 3.23. The van der Waals surface area contributed by atoms with E-state index >= 15 is 0 Å². The first-order valence-electron chi connectivity index (χ1n) is 7.18. The van der Waals surface area contributed by atoms with Gasteiger partial charge in [0.15, 0.2) is 11.0 Å². The molecule has 136 valence electrons. The Morgan fingerprint density at radius 2 is 2.27 bits per heavy atom. The second-order valence-corrected chi connectivity index (χ2v) is 7.08. The van der Waals surface area contributed by atoms with E-state index in [9.17, 15) is 9.18 Å². The van der Waals surface area contributed by atoms with Gasteiger partial charge in [-0.3, -0.25) is 10.1 Å². The molecular weight excluding hydrogens is 403 g/mol. The zero-order valence-corrected chi connectivity index (χ0v) is 15.7. The molecule has 8 nitrogen and oxygen atoms in total. The first-order chi connectivity index (χ1) is 12.5. The summed E-state index contributed by atoms with van der Waals surface area (Å²) >= 11 is 8.38. The maximum absolute atomic E-state index is 13.0. The third-order valence-electron chi connectivity index (χ3n) is 3.11. The van der Waals surface area contributed by atoms with E-state index in [1.54, 1.807) is 11.6 Å².